The zero-order chi connectivity index (χ0) is 14.5. The van der Waals surface area contributed by atoms with Gasteiger partial charge in [0.05, 0.1) is 20.3 Å². The minimum Gasteiger partial charge on any atom is -0.493 e. The molecule has 2 N–H and O–H groups in total. The summed E-state index contributed by atoms with van der Waals surface area (Å²) >= 11 is 0. The normalized spacial score (nSPS) is 21.5. The number of para-hydroxylation sites is 1. The van der Waals surface area contributed by atoms with Crippen molar-refractivity contribution in [1.29, 1.82) is 0 Å². The predicted octanol–water partition coefficient (Wildman–Crippen LogP) is 2.44. The van der Waals surface area contributed by atoms with Crippen LogP contribution in [0.1, 0.15) is 31.4 Å². The van der Waals surface area contributed by atoms with E-state index in [1.165, 1.54) is 12.8 Å². The molecular formula is C16H26N2O2. The highest BCUT2D eigenvalue weighted by Gasteiger charge is 2.27. The van der Waals surface area contributed by atoms with Crippen LogP contribution in [-0.4, -0.2) is 38.8 Å². The highest BCUT2D eigenvalue weighted by atomic mass is 16.5. The van der Waals surface area contributed by atoms with Crippen molar-refractivity contribution < 1.29 is 9.47 Å². The third-order valence-corrected chi connectivity index (χ3v) is 4.14. The lowest BCUT2D eigenvalue weighted by Gasteiger charge is -2.37. The molecule has 0 radical (unpaired) electrons. The maximum absolute atomic E-state index is 6.06. The molecule has 112 valence electrons. The molecule has 1 aliphatic heterocycles. The Morgan fingerprint density at radius 1 is 1.35 bits per heavy atom. The molecule has 1 aliphatic rings. The lowest BCUT2D eigenvalue weighted by atomic mass is 9.95. The van der Waals surface area contributed by atoms with Gasteiger partial charge in [-0.2, -0.15) is 0 Å². The molecule has 0 aliphatic carbocycles. The second-order valence-electron chi connectivity index (χ2n) is 5.58. The van der Waals surface area contributed by atoms with Crippen LogP contribution >= 0.6 is 0 Å². The van der Waals surface area contributed by atoms with Crippen LogP contribution in [0.15, 0.2) is 18.2 Å². The molecule has 20 heavy (non-hydrogen) atoms. The molecule has 1 aromatic carbocycles. The van der Waals surface area contributed by atoms with E-state index >= 15 is 0 Å². The van der Waals surface area contributed by atoms with Gasteiger partial charge in [0.15, 0.2) is 11.5 Å². The number of ether oxygens (including phenoxy) is 2. The molecule has 0 spiro atoms. The van der Waals surface area contributed by atoms with Crippen LogP contribution in [-0.2, 0) is 0 Å². The lowest BCUT2D eigenvalue weighted by Crippen LogP contribution is -2.40. The molecule has 0 amide bonds. The SMILES string of the molecule is COc1cccc([C@H](CN)N2CCC[C@H](C)C2)c1OC. The molecular weight excluding hydrogens is 252 g/mol. The van der Waals surface area contributed by atoms with Gasteiger partial charge in [0, 0.05) is 18.7 Å². The van der Waals surface area contributed by atoms with E-state index in [1.807, 2.05) is 12.1 Å². The van der Waals surface area contributed by atoms with Gasteiger partial charge in [0.1, 0.15) is 0 Å². The highest BCUT2D eigenvalue weighted by molar-refractivity contribution is 5.48. The monoisotopic (exact) mass is 278 g/mol. The molecule has 4 nitrogen and oxygen atoms in total. The fourth-order valence-corrected chi connectivity index (χ4v) is 3.16. The van der Waals surface area contributed by atoms with Gasteiger partial charge >= 0.3 is 0 Å². The standard InChI is InChI=1S/C16H26N2O2/c1-12-6-5-9-18(11-12)14(10-17)13-7-4-8-15(19-2)16(13)20-3/h4,7-8,12,14H,5-6,9-11,17H2,1-3H3/t12-,14-/m0/s1. The molecule has 2 rings (SSSR count). The summed E-state index contributed by atoms with van der Waals surface area (Å²) < 4.78 is 11.0. The van der Waals surface area contributed by atoms with E-state index in [9.17, 15) is 0 Å². The van der Waals surface area contributed by atoms with E-state index in [1.54, 1.807) is 14.2 Å². The Morgan fingerprint density at radius 3 is 2.75 bits per heavy atom. The largest absolute Gasteiger partial charge is 0.493 e. The number of methoxy groups -OCH3 is 2. The third kappa shape index (κ3) is 3.07. The van der Waals surface area contributed by atoms with Crippen LogP contribution in [0.4, 0.5) is 0 Å². The van der Waals surface area contributed by atoms with Crippen LogP contribution in [0.3, 0.4) is 0 Å². The van der Waals surface area contributed by atoms with Crippen molar-refractivity contribution >= 4 is 0 Å². The maximum atomic E-state index is 6.06. The molecule has 0 aromatic heterocycles. The smallest absolute Gasteiger partial charge is 0.165 e. The first kappa shape index (κ1) is 15.1. The van der Waals surface area contributed by atoms with Gasteiger partial charge in [-0.3, -0.25) is 4.90 Å². The van der Waals surface area contributed by atoms with Crippen molar-refractivity contribution in [3.63, 3.8) is 0 Å². The van der Waals surface area contributed by atoms with Gasteiger partial charge in [-0.25, -0.2) is 0 Å². The first-order chi connectivity index (χ1) is 9.71. The minimum absolute atomic E-state index is 0.197. The van der Waals surface area contributed by atoms with Gasteiger partial charge in [0.25, 0.3) is 0 Å². The van der Waals surface area contributed by atoms with Gasteiger partial charge in [-0.05, 0) is 31.4 Å². The van der Waals surface area contributed by atoms with Crippen molar-refractivity contribution in [2.24, 2.45) is 11.7 Å². The molecule has 1 fully saturated rings. The van der Waals surface area contributed by atoms with Crippen molar-refractivity contribution in [3.05, 3.63) is 23.8 Å². The first-order valence-electron chi connectivity index (χ1n) is 7.36. The number of benzene rings is 1. The number of hydrogen-bond donors (Lipinski definition) is 1. The third-order valence-electron chi connectivity index (χ3n) is 4.14. The topological polar surface area (TPSA) is 47.7 Å². The molecule has 4 heteroatoms. The summed E-state index contributed by atoms with van der Waals surface area (Å²) in [6.45, 7) is 5.10. The van der Waals surface area contributed by atoms with Gasteiger partial charge in [-0.1, -0.05) is 19.1 Å². The molecule has 1 aromatic rings. The molecule has 0 saturated carbocycles. The Hall–Kier alpha value is -1.26. The summed E-state index contributed by atoms with van der Waals surface area (Å²) in [7, 11) is 3.36. The fraction of sp³-hybridized carbons (Fsp3) is 0.625. The van der Waals surface area contributed by atoms with E-state index < -0.39 is 0 Å². The summed E-state index contributed by atoms with van der Waals surface area (Å²) in [5.74, 6) is 2.31. The second kappa shape index (κ2) is 6.95. The Kier molecular flexibility index (Phi) is 5.26. The van der Waals surface area contributed by atoms with E-state index in [0.717, 1.165) is 36.1 Å². The van der Waals surface area contributed by atoms with Crippen molar-refractivity contribution in [3.8, 4) is 11.5 Å². The minimum atomic E-state index is 0.197. The summed E-state index contributed by atoms with van der Waals surface area (Å²) in [4.78, 5) is 2.48. The number of rotatable bonds is 5. The number of hydrogen-bond acceptors (Lipinski definition) is 4. The molecule has 1 heterocycles. The lowest BCUT2D eigenvalue weighted by molar-refractivity contribution is 0.131. The predicted molar refractivity (Wildman–Crippen MR) is 81.3 cm³/mol. The Balaban J connectivity index is 2.31. The Morgan fingerprint density at radius 2 is 2.15 bits per heavy atom. The van der Waals surface area contributed by atoms with E-state index in [2.05, 4.69) is 17.9 Å². The summed E-state index contributed by atoms with van der Waals surface area (Å²) in [6.07, 6.45) is 2.55. The quantitative estimate of drug-likeness (QED) is 0.898. The summed E-state index contributed by atoms with van der Waals surface area (Å²) in [6, 6.07) is 6.22. The zero-order valence-electron chi connectivity index (χ0n) is 12.8. The van der Waals surface area contributed by atoms with E-state index in [0.29, 0.717) is 6.54 Å². The molecule has 1 saturated heterocycles. The number of nitrogens with two attached hydrogens (primary N) is 1. The molecule has 0 unspecified atom stereocenters. The fourth-order valence-electron chi connectivity index (χ4n) is 3.16. The Bertz CT molecular complexity index is 436. The second-order valence-corrected chi connectivity index (χ2v) is 5.58. The summed E-state index contributed by atoms with van der Waals surface area (Å²) in [5.41, 5.74) is 7.19. The van der Waals surface area contributed by atoms with Crippen LogP contribution in [0.25, 0.3) is 0 Å². The summed E-state index contributed by atoms with van der Waals surface area (Å²) in [5, 5.41) is 0. The number of likely N-dealkylation sites (tertiary alicyclic amines) is 1. The highest BCUT2D eigenvalue weighted by Crippen LogP contribution is 2.37. The molecule has 2 atom stereocenters. The van der Waals surface area contributed by atoms with Crippen molar-refractivity contribution in [2.45, 2.75) is 25.8 Å². The zero-order valence-corrected chi connectivity index (χ0v) is 12.8. The average molecular weight is 278 g/mol. The number of nitrogens with zero attached hydrogens (tertiary/aromatic N) is 1. The van der Waals surface area contributed by atoms with Crippen LogP contribution in [0, 0.1) is 5.92 Å². The van der Waals surface area contributed by atoms with Crippen LogP contribution < -0.4 is 15.2 Å². The van der Waals surface area contributed by atoms with Crippen LogP contribution in [0.2, 0.25) is 0 Å². The molecule has 0 bridgehead atoms. The van der Waals surface area contributed by atoms with Gasteiger partial charge in [0.2, 0.25) is 0 Å². The van der Waals surface area contributed by atoms with E-state index in [-0.39, 0.29) is 6.04 Å². The van der Waals surface area contributed by atoms with Gasteiger partial charge in [-0.15, -0.1) is 0 Å². The first-order valence-corrected chi connectivity index (χ1v) is 7.36. The number of piperidine rings is 1. The van der Waals surface area contributed by atoms with Crippen molar-refractivity contribution in [2.75, 3.05) is 33.9 Å². The van der Waals surface area contributed by atoms with Gasteiger partial charge < -0.3 is 15.2 Å². The average Bonchev–Trinajstić information content (AvgIpc) is 2.47. The van der Waals surface area contributed by atoms with E-state index in [4.69, 9.17) is 15.2 Å². The maximum Gasteiger partial charge on any atom is 0.165 e. The van der Waals surface area contributed by atoms with Crippen LogP contribution in [0.5, 0.6) is 11.5 Å². The Labute approximate surface area is 121 Å². The van der Waals surface area contributed by atoms with Crippen molar-refractivity contribution in [1.82, 2.24) is 4.90 Å².